The van der Waals surface area contributed by atoms with Crippen molar-refractivity contribution in [2.24, 2.45) is 0 Å². The van der Waals surface area contributed by atoms with E-state index in [1.165, 1.54) is 23.1 Å². The average Bonchev–Trinajstić information content (AvgIpc) is 2.58. The highest BCUT2D eigenvalue weighted by atomic mass is 16.5. The lowest BCUT2D eigenvalue weighted by molar-refractivity contribution is -0.133. The van der Waals surface area contributed by atoms with Gasteiger partial charge in [-0.15, -0.1) is 0 Å². The van der Waals surface area contributed by atoms with Gasteiger partial charge in [0, 0.05) is 5.69 Å². The zero-order valence-electron chi connectivity index (χ0n) is 15.3. The molecule has 0 fully saturated rings. The number of aryl methyl sites for hydroxylation is 1. The summed E-state index contributed by atoms with van der Waals surface area (Å²) in [5.74, 6) is -1.58. The van der Waals surface area contributed by atoms with Gasteiger partial charge in [-0.05, 0) is 56.7 Å². The number of ether oxygens (including phenoxy) is 1. The van der Waals surface area contributed by atoms with Crippen LogP contribution in [0.1, 0.15) is 29.8 Å². The molecular formula is C20H20N2O5. The van der Waals surface area contributed by atoms with Crippen molar-refractivity contribution >= 4 is 29.2 Å². The molecule has 140 valence electrons. The summed E-state index contributed by atoms with van der Waals surface area (Å²) in [6.45, 7) is 4.87. The normalized spacial score (nSPS) is 14.9. The molecule has 0 bridgehead atoms. The number of nitrogens with zero attached hydrogens (tertiary/aromatic N) is 1. The van der Waals surface area contributed by atoms with E-state index < -0.39 is 23.4 Å². The van der Waals surface area contributed by atoms with Crippen molar-refractivity contribution in [2.75, 3.05) is 16.8 Å². The van der Waals surface area contributed by atoms with Gasteiger partial charge in [0.15, 0.2) is 5.60 Å². The van der Waals surface area contributed by atoms with E-state index in [1.807, 2.05) is 25.1 Å². The fourth-order valence-corrected chi connectivity index (χ4v) is 2.92. The summed E-state index contributed by atoms with van der Waals surface area (Å²) in [6, 6.07) is 11.5. The fourth-order valence-electron chi connectivity index (χ4n) is 2.92. The lowest BCUT2D eigenvalue weighted by Gasteiger charge is -2.38. The van der Waals surface area contributed by atoms with Crippen LogP contribution in [0.2, 0.25) is 0 Å². The van der Waals surface area contributed by atoms with E-state index in [0.717, 1.165) is 5.56 Å². The summed E-state index contributed by atoms with van der Waals surface area (Å²) in [4.78, 5) is 37.9. The van der Waals surface area contributed by atoms with Gasteiger partial charge in [0.1, 0.15) is 12.3 Å². The standard InChI is InChI=1S/C20H20N2O5/c1-12-5-4-6-14(9-12)21-17(23)11-22-15-10-13(18(24)25)7-8-16(15)27-20(2,3)19(22)26/h4-10H,11H2,1-3H3,(H,21,23)(H,24,25). The molecule has 7 nitrogen and oxygen atoms in total. The maximum absolute atomic E-state index is 12.8. The average molecular weight is 368 g/mol. The van der Waals surface area contributed by atoms with Gasteiger partial charge in [0.05, 0.1) is 11.3 Å². The number of anilines is 2. The second kappa shape index (κ2) is 6.75. The van der Waals surface area contributed by atoms with Crippen molar-refractivity contribution in [2.45, 2.75) is 26.4 Å². The Bertz CT molecular complexity index is 936. The third-order valence-electron chi connectivity index (χ3n) is 4.23. The number of carbonyl (C=O) groups excluding carboxylic acids is 2. The van der Waals surface area contributed by atoms with Crippen LogP contribution in [0.3, 0.4) is 0 Å². The lowest BCUT2D eigenvalue weighted by atomic mass is 10.0. The van der Waals surface area contributed by atoms with Gasteiger partial charge < -0.3 is 15.2 Å². The molecule has 1 heterocycles. The van der Waals surface area contributed by atoms with E-state index in [2.05, 4.69) is 5.32 Å². The molecule has 0 aromatic heterocycles. The minimum atomic E-state index is -1.17. The van der Waals surface area contributed by atoms with Crippen LogP contribution in [0.5, 0.6) is 5.75 Å². The number of hydrogen-bond acceptors (Lipinski definition) is 4. The highest BCUT2D eigenvalue weighted by Crippen LogP contribution is 2.38. The van der Waals surface area contributed by atoms with E-state index in [9.17, 15) is 19.5 Å². The predicted octanol–water partition coefficient (Wildman–Crippen LogP) is 2.84. The van der Waals surface area contributed by atoms with Gasteiger partial charge in [0.2, 0.25) is 5.91 Å². The summed E-state index contributed by atoms with van der Waals surface area (Å²) in [5, 5.41) is 12.0. The number of carboxylic acid groups (broad SMARTS) is 1. The maximum atomic E-state index is 12.8. The van der Waals surface area contributed by atoms with Crippen molar-refractivity contribution < 1.29 is 24.2 Å². The molecule has 3 rings (SSSR count). The molecular weight excluding hydrogens is 348 g/mol. The number of fused-ring (bicyclic) bond motifs is 1. The van der Waals surface area contributed by atoms with E-state index >= 15 is 0 Å². The molecule has 0 radical (unpaired) electrons. The first kappa shape index (κ1) is 18.4. The van der Waals surface area contributed by atoms with Crippen LogP contribution in [0, 0.1) is 6.92 Å². The Morgan fingerprint density at radius 3 is 2.59 bits per heavy atom. The first-order chi connectivity index (χ1) is 12.7. The Balaban J connectivity index is 1.91. The first-order valence-electron chi connectivity index (χ1n) is 8.42. The third kappa shape index (κ3) is 3.76. The molecule has 2 amide bonds. The summed E-state index contributed by atoms with van der Waals surface area (Å²) >= 11 is 0. The molecule has 0 unspecified atom stereocenters. The van der Waals surface area contributed by atoms with Crippen molar-refractivity contribution in [3.63, 3.8) is 0 Å². The maximum Gasteiger partial charge on any atom is 0.335 e. The number of carbonyl (C=O) groups is 3. The Hall–Kier alpha value is -3.35. The van der Waals surface area contributed by atoms with Crippen LogP contribution in [-0.2, 0) is 9.59 Å². The molecule has 1 aliphatic heterocycles. The zero-order valence-corrected chi connectivity index (χ0v) is 15.3. The highest BCUT2D eigenvalue weighted by Gasteiger charge is 2.41. The molecule has 1 aliphatic rings. The summed E-state index contributed by atoms with van der Waals surface area (Å²) in [5.41, 5.74) is 0.723. The van der Waals surface area contributed by atoms with Crippen LogP contribution in [0.15, 0.2) is 42.5 Å². The Morgan fingerprint density at radius 1 is 1.19 bits per heavy atom. The quantitative estimate of drug-likeness (QED) is 0.865. The molecule has 0 saturated heterocycles. The lowest BCUT2D eigenvalue weighted by Crippen LogP contribution is -2.54. The second-order valence-electron chi connectivity index (χ2n) is 6.91. The molecule has 2 aromatic carbocycles. The van der Waals surface area contributed by atoms with E-state index in [4.69, 9.17) is 4.74 Å². The minimum absolute atomic E-state index is 0.00829. The molecule has 0 saturated carbocycles. The minimum Gasteiger partial charge on any atom is -0.478 e. The van der Waals surface area contributed by atoms with Gasteiger partial charge in [-0.3, -0.25) is 14.5 Å². The number of nitrogens with one attached hydrogen (secondary N) is 1. The summed E-state index contributed by atoms with van der Waals surface area (Å²) in [7, 11) is 0. The summed E-state index contributed by atoms with van der Waals surface area (Å²) < 4.78 is 5.70. The molecule has 27 heavy (non-hydrogen) atoms. The third-order valence-corrected chi connectivity index (χ3v) is 4.23. The Morgan fingerprint density at radius 2 is 1.93 bits per heavy atom. The van der Waals surface area contributed by atoms with Crippen molar-refractivity contribution in [1.29, 1.82) is 0 Å². The fraction of sp³-hybridized carbons (Fsp3) is 0.250. The molecule has 0 spiro atoms. The van der Waals surface area contributed by atoms with E-state index in [0.29, 0.717) is 11.4 Å². The number of benzene rings is 2. The number of rotatable bonds is 4. The molecule has 0 atom stereocenters. The van der Waals surface area contributed by atoms with Gasteiger partial charge in [-0.2, -0.15) is 0 Å². The van der Waals surface area contributed by atoms with Crippen molar-refractivity contribution in [1.82, 2.24) is 0 Å². The Kier molecular flexibility index (Phi) is 4.61. The van der Waals surface area contributed by atoms with Crippen LogP contribution < -0.4 is 15.0 Å². The molecule has 0 aliphatic carbocycles. The van der Waals surface area contributed by atoms with Crippen LogP contribution >= 0.6 is 0 Å². The van der Waals surface area contributed by atoms with Gasteiger partial charge in [-0.1, -0.05) is 12.1 Å². The molecule has 7 heteroatoms. The highest BCUT2D eigenvalue weighted by molar-refractivity contribution is 6.08. The van der Waals surface area contributed by atoms with Gasteiger partial charge in [0.25, 0.3) is 5.91 Å². The van der Waals surface area contributed by atoms with Crippen LogP contribution in [-0.4, -0.2) is 35.0 Å². The largest absolute Gasteiger partial charge is 0.478 e. The Labute approximate surface area is 156 Å². The monoisotopic (exact) mass is 368 g/mol. The van der Waals surface area contributed by atoms with E-state index in [-0.39, 0.29) is 17.8 Å². The topological polar surface area (TPSA) is 95.9 Å². The van der Waals surface area contributed by atoms with Crippen LogP contribution in [0.25, 0.3) is 0 Å². The van der Waals surface area contributed by atoms with Crippen LogP contribution in [0.4, 0.5) is 11.4 Å². The second-order valence-corrected chi connectivity index (χ2v) is 6.91. The number of hydrogen-bond donors (Lipinski definition) is 2. The number of carboxylic acids is 1. The smallest absolute Gasteiger partial charge is 0.335 e. The van der Waals surface area contributed by atoms with Crippen molar-refractivity contribution in [3.8, 4) is 5.75 Å². The zero-order chi connectivity index (χ0) is 19.8. The van der Waals surface area contributed by atoms with Crippen molar-refractivity contribution in [3.05, 3.63) is 53.6 Å². The predicted molar refractivity (Wildman–Crippen MR) is 100 cm³/mol. The van der Waals surface area contributed by atoms with E-state index in [1.54, 1.807) is 19.9 Å². The molecule has 2 N–H and O–H groups in total. The first-order valence-corrected chi connectivity index (χ1v) is 8.42. The van der Waals surface area contributed by atoms with Gasteiger partial charge >= 0.3 is 5.97 Å². The molecule has 2 aromatic rings. The number of aromatic carboxylic acids is 1. The SMILES string of the molecule is Cc1cccc(NC(=O)CN2C(=O)C(C)(C)Oc3ccc(C(=O)O)cc32)c1. The summed E-state index contributed by atoms with van der Waals surface area (Å²) in [6.07, 6.45) is 0. The van der Waals surface area contributed by atoms with Gasteiger partial charge in [-0.25, -0.2) is 4.79 Å². The number of amides is 2.